The average molecular weight is 1320 g/mol. The molecule has 0 saturated heterocycles. The van der Waals surface area contributed by atoms with Gasteiger partial charge in [-0.1, -0.05) is 220 Å². The van der Waals surface area contributed by atoms with Crippen LogP contribution in [-0.4, -0.2) is 29.6 Å². The highest BCUT2D eigenvalue weighted by Crippen LogP contribution is 2.53. The van der Waals surface area contributed by atoms with Gasteiger partial charge in [-0.05, 0) is 201 Å². The summed E-state index contributed by atoms with van der Waals surface area (Å²) < 4.78 is 22.7. The molecule has 2 atom stereocenters. The SMILES string of the molecule is COc1ccc(-c2ccc(N(c3ccccc3)c3ccc(-c4ccc(-n5c6ccc(C7=CCC(C)(C8(C)C=CC(n9c%10ccccc%10c%10ccccc%109)=CC8)C=C7)cc6c6cc(-c7ccc(-c8ccc(-n9c%10ccccc%10c%10ccccc%109)cc8)cc7)ccc65)cc4)c4nsnc34)cc2)cc1. The molecule has 101 heavy (non-hydrogen) atoms. The maximum atomic E-state index is 5.44. The van der Waals surface area contributed by atoms with Crippen LogP contribution in [0.3, 0.4) is 0 Å². The molecule has 8 heteroatoms. The van der Waals surface area contributed by atoms with Crippen molar-refractivity contribution in [3.8, 4) is 61.6 Å². The van der Waals surface area contributed by atoms with E-state index in [1.165, 1.54) is 105 Å². The molecule has 0 spiro atoms. The van der Waals surface area contributed by atoms with E-state index in [9.17, 15) is 0 Å². The van der Waals surface area contributed by atoms with Gasteiger partial charge >= 0.3 is 0 Å². The Morgan fingerprint density at radius 3 is 1.30 bits per heavy atom. The van der Waals surface area contributed by atoms with Crippen molar-refractivity contribution in [2.75, 3.05) is 12.0 Å². The number of rotatable bonds is 13. The van der Waals surface area contributed by atoms with E-state index in [1.54, 1.807) is 7.11 Å². The number of nitrogens with zero attached hydrogens (tertiary/aromatic N) is 6. The summed E-state index contributed by atoms with van der Waals surface area (Å²) in [5.74, 6) is 0.836. The lowest BCUT2D eigenvalue weighted by Crippen LogP contribution is -2.36. The first-order valence-electron chi connectivity index (χ1n) is 34.7. The molecule has 2 aliphatic rings. The Bertz CT molecular complexity index is 6140. The largest absolute Gasteiger partial charge is 0.497 e. The van der Waals surface area contributed by atoms with Crippen molar-refractivity contribution in [1.29, 1.82) is 0 Å². The Morgan fingerprint density at radius 1 is 0.356 bits per heavy atom. The second-order valence-corrected chi connectivity index (χ2v) is 28.0. The monoisotopic (exact) mass is 1320 g/mol. The summed E-state index contributed by atoms with van der Waals surface area (Å²) in [6.07, 6.45) is 16.5. The van der Waals surface area contributed by atoms with Gasteiger partial charge in [-0.15, -0.1) is 0 Å². The van der Waals surface area contributed by atoms with Crippen LogP contribution in [0.15, 0.2) is 334 Å². The molecular formula is C93H68N6OS. The van der Waals surface area contributed by atoms with Crippen molar-refractivity contribution in [2.24, 2.45) is 10.8 Å². The molecule has 17 aromatic rings. The predicted molar refractivity (Wildman–Crippen MR) is 424 cm³/mol. The summed E-state index contributed by atoms with van der Waals surface area (Å²) in [6.45, 7) is 4.88. The van der Waals surface area contributed by atoms with Gasteiger partial charge in [-0.2, -0.15) is 8.75 Å². The van der Waals surface area contributed by atoms with E-state index in [1.807, 2.05) is 12.1 Å². The highest BCUT2D eigenvalue weighted by molar-refractivity contribution is 7.00. The Hall–Kier alpha value is -12.4. The van der Waals surface area contributed by atoms with E-state index in [0.29, 0.717) is 0 Å². The molecule has 19 rings (SSSR count). The smallest absolute Gasteiger partial charge is 0.129 e. The third-order valence-electron chi connectivity index (χ3n) is 21.9. The Morgan fingerprint density at radius 2 is 0.772 bits per heavy atom. The van der Waals surface area contributed by atoms with Crippen molar-refractivity contribution in [3.05, 3.63) is 339 Å². The topological polar surface area (TPSA) is 53.0 Å². The quantitative estimate of drug-likeness (QED) is 0.115. The molecule has 4 aromatic heterocycles. The summed E-state index contributed by atoms with van der Waals surface area (Å²) in [6, 6.07) is 108. The van der Waals surface area contributed by atoms with Crippen molar-refractivity contribution in [3.63, 3.8) is 0 Å². The van der Waals surface area contributed by atoms with Crippen LogP contribution in [0.1, 0.15) is 32.3 Å². The fraction of sp³-hybridized carbons (Fsp3) is 0.0753. The number of fused-ring (bicyclic) bond motifs is 10. The third-order valence-corrected chi connectivity index (χ3v) is 22.4. The predicted octanol–water partition coefficient (Wildman–Crippen LogP) is 25.0. The van der Waals surface area contributed by atoms with Gasteiger partial charge in [0, 0.05) is 66.3 Å². The minimum atomic E-state index is -0.0951. The van der Waals surface area contributed by atoms with E-state index < -0.39 is 0 Å². The van der Waals surface area contributed by atoms with Gasteiger partial charge in [0.05, 0.1) is 57.6 Å². The molecular weight excluding hydrogens is 1250 g/mol. The molecule has 13 aromatic carbocycles. The molecule has 482 valence electrons. The molecule has 0 saturated carbocycles. The van der Waals surface area contributed by atoms with Crippen LogP contribution in [0, 0.1) is 10.8 Å². The Balaban J connectivity index is 0.654. The summed E-state index contributed by atoms with van der Waals surface area (Å²) in [5, 5.41) is 7.51. The first kappa shape index (κ1) is 59.9. The maximum Gasteiger partial charge on any atom is 0.129 e. The number of methoxy groups -OCH3 is 1. The van der Waals surface area contributed by atoms with E-state index in [0.717, 1.165) is 91.3 Å². The van der Waals surface area contributed by atoms with Crippen LogP contribution in [0.2, 0.25) is 0 Å². The molecule has 0 bridgehead atoms. The molecule has 7 nitrogen and oxygen atoms in total. The van der Waals surface area contributed by atoms with Gasteiger partial charge in [0.2, 0.25) is 0 Å². The van der Waals surface area contributed by atoms with Crippen LogP contribution in [-0.2, 0) is 0 Å². The number of ether oxygens (including phenoxy) is 1. The first-order valence-corrected chi connectivity index (χ1v) is 35.5. The van der Waals surface area contributed by atoms with Gasteiger partial charge in [0.1, 0.15) is 16.8 Å². The van der Waals surface area contributed by atoms with Crippen molar-refractivity contribution in [2.45, 2.75) is 26.7 Å². The van der Waals surface area contributed by atoms with Crippen LogP contribution in [0.5, 0.6) is 5.75 Å². The number of anilines is 3. The van der Waals surface area contributed by atoms with Gasteiger partial charge in [-0.3, -0.25) is 0 Å². The van der Waals surface area contributed by atoms with Gasteiger partial charge < -0.3 is 23.3 Å². The zero-order valence-electron chi connectivity index (χ0n) is 56.2. The van der Waals surface area contributed by atoms with Gasteiger partial charge in [0.15, 0.2) is 0 Å². The van der Waals surface area contributed by atoms with Crippen LogP contribution in [0.4, 0.5) is 17.1 Å². The standard InChI is InChI=1S/C93H68N6OS/c1-92(93(2)57-53-74(54-58-93)99-85-23-13-9-19-79(85)80-20-10-14-24-86(80)99)55-51-66(52-56-92)69-38-49-88-82(60-69)81-59-68(65-27-25-61(26-28-65)62-31-41-72(42-32-62)97-83-21-11-7-17-77(83)78-18-8-12-22-84(78)97)37-48-87(81)98(88)73-43-33-67(34-44-73)76-47-50-89(91-90(76)94-101-95-91)96(70-15-5-4-6-16-70)71-39-29-63(30-40-71)64-35-45-75(100-3)46-36-64/h4-55,57,59-60H,56,58H2,1-3H3. The lowest BCUT2D eigenvalue weighted by atomic mass is 9.59. The molecule has 2 aliphatic carbocycles. The summed E-state index contributed by atoms with van der Waals surface area (Å²) in [4.78, 5) is 2.28. The first-order chi connectivity index (χ1) is 49.7. The molecule has 0 N–H and O–H groups in total. The number of hydrogen-bond donors (Lipinski definition) is 0. The Labute approximate surface area is 590 Å². The average Bonchev–Trinajstić information content (AvgIpc) is 1.66. The highest BCUT2D eigenvalue weighted by atomic mass is 32.1. The van der Waals surface area contributed by atoms with Crippen LogP contribution >= 0.6 is 11.7 Å². The van der Waals surface area contributed by atoms with E-state index in [4.69, 9.17) is 13.5 Å². The fourth-order valence-corrected chi connectivity index (χ4v) is 16.6. The zero-order chi connectivity index (χ0) is 67.3. The van der Waals surface area contributed by atoms with Crippen molar-refractivity contribution in [1.82, 2.24) is 22.4 Å². The minimum Gasteiger partial charge on any atom is -0.497 e. The number of aromatic nitrogens is 5. The van der Waals surface area contributed by atoms with E-state index in [2.05, 4.69) is 354 Å². The lowest BCUT2D eigenvalue weighted by Gasteiger charge is -2.45. The number of benzene rings is 13. The molecule has 2 unspecified atom stereocenters. The van der Waals surface area contributed by atoms with Crippen molar-refractivity contribution < 1.29 is 4.74 Å². The van der Waals surface area contributed by atoms with Crippen LogP contribution < -0.4 is 9.64 Å². The second-order valence-electron chi connectivity index (χ2n) is 27.4. The van der Waals surface area contributed by atoms with Gasteiger partial charge in [0.25, 0.3) is 0 Å². The molecule has 0 radical (unpaired) electrons. The Kier molecular flexibility index (Phi) is 14.2. The lowest BCUT2D eigenvalue weighted by molar-refractivity contribution is 0.184. The van der Waals surface area contributed by atoms with E-state index in [-0.39, 0.29) is 10.8 Å². The normalized spacial score (nSPS) is 16.1. The fourth-order valence-electron chi connectivity index (χ4n) is 16.0. The van der Waals surface area contributed by atoms with E-state index >= 15 is 0 Å². The molecule has 0 fully saturated rings. The number of allylic oxidation sites excluding steroid dienone is 8. The zero-order valence-corrected chi connectivity index (χ0v) is 57.0. The van der Waals surface area contributed by atoms with Crippen LogP contribution in [0.25, 0.3) is 144 Å². The molecule has 4 heterocycles. The highest BCUT2D eigenvalue weighted by Gasteiger charge is 2.42. The van der Waals surface area contributed by atoms with Gasteiger partial charge in [-0.25, -0.2) is 0 Å². The summed E-state index contributed by atoms with van der Waals surface area (Å²) in [5.41, 5.74) is 26.7. The summed E-state index contributed by atoms with van der Waals surface area (Å²) >= 11 is 1.25. The molecule has 0 aliphatic heterocycles. The second kappa shape index (κ2) is 24.0. The molecule has 0 amide bonds. The van der Waals surface area contributed by atoms with Crippen molar-refractivity contribution >= 4 is 117 Å². The number of hydrogen-bond acceptors (Lipinski definition) is 5. The summed E-state index contributed by atoms with van der Waals surface area (Å²) in [7, 11) is 1.70. The minimum absolute atomic E-state index is 0.0856. The number of para-hydroxylation sites is 5. The maximum absolute atomic E-state index is 5.44. The third kappa shape index (κ3) is 9.99.